The van der Waals surface area contributed by atoms with Crippen molar-refractivity contribution in [3.63, 3.8) is 0 Å². The molecule has 1 atom stereocenters. The van der Waals surface area contributed by atoms with Crippen LogP contribution in [-0.2, 0) is 4.79 Å². The van der Waals surface area contributed by atoms with E-state index in [-0.39, 0.29) is 5.91 Å². The van der Waals surface area contributed by atoms with E-state index in [1.165, 1.54) is 0 Å². The summed E-state index contributed by atoms with van der Waals surface area (Å²) >= 11 is 3.34. The number of anilines is 1. The lowest BCUT2D eigenvalue weighted by Crippen LogP contribution is -2.50. The average Bonchev–Trinajstić information content (AvgIpc) is 2.42. The molecule has 1 aromatic carbocycles. The van der Waals surface area contributed by atoms with E-state index >= 15 is 0 Å². The predicted octanol–water partition coefficient (Wildman–Crippen LogP) is 1.82. The summed E-state index contributed by atoms with van der Waals surface area (Å²) in [7, 11) is 0. The second kappa shape index (κ2) is 5.83. The van der Waals surface area contributed by atoms with Crippen molar-refractivity contribution in [1.82, 2.24) is 4.90 Å². The normalized spacial score (nSPS) is 18.9. The van der Waals surface area contributed by atoms with Gasteiger partial charge in [0.25, 0.3) is 5.91 Å². The van der Waals surface area contributed by atoms with Crippen LogP contribution in [0.4, 0.5) is 5.69 Å². The van der Waals surface area contributed by atoms with Crippen LogP contribution in [0.1, 0.15) is 35.2 Å². The SMILES string of the molecule is Cc1c(N)cc(Br)cc1C(=O)N1CCCCC1C(N)=O. The number of hydrogen-bond donors (Lipinski definition) is 2. The molecule has 0 saturated carbocycles. The molecule has 0 aliphatic carbocycles. The Balaban J connectivity index is 2.37. The third kappa shape index (κ3) is 2.80. The van der Waals surface area contributed by atoms with Gasteiger partial charge in [-0.15, -0.1) is 0 Å². The van der Waals surface area contributed by atoms with Gasteiger partial charge in [-0.3, -0.25) is 9.59 Å². The van der Waals surface area contributed by atoms with Crippen LogP contribution in [0.5, 0.6) is 0 Å². The van der Waals surface area contributed by atoms with Crippen molar-refractivity contribution in [2.75, 3.05) is 12.3 Å². The van der Waals surface area contributed by atoms with Gasteiger partial charge in [-0.25, -0.2) is 0 Å². The van der Waals surface area contributed by atoms with E-state index in [9.17, 15) is 9.59 Å². The number of nitrogens with two attached hydrogens (primary N) is 2. The average molecular weight is 340 g/mol. The zero-order chi connectivity index (χ0) is 14.9. The quantitative estimate of drug-likeness (QED) is 0.805. The van der Waals surface area contributed by atoms with Crippen molar-refractivity contribution in [3.8, 4) is 0 Å². The molecule has 0 aromatic heterocycles. The molecule has 4 N–H and O–H groups in total. The van der Waals surface area contributed by atoms with Crippen LogP contribution >= 0.6 is 15.9 Å². The first-order valence-electron chi connectivity index (χ1n) is 6.57. The molecule has 5 nitrogen and oxygen atoms in total. The molecule has 2 amide bonds. The Labute approximate surface area is 126 Å². The summed E-state index contributed by atoms with van der Waals surface area (Å²) in [6.45, 7) is 2.36. The van der Waals surface area contributed by atoms with Crippen LogP contribution in [0.2, 0.25) is 0 Å². The van der Waals surface area contributed by atoms with Gasteiger partial charge in [-0.05, 0) is 43.9 Å². The first-order chi connectivity index (χ1) is 9.41. The van der Waals surface area contributed by atoms with Crippen LogP contribution in [-0.4, -0.2) is 29.3 Å². The van der Waals surface area contributed by atoms with E-state index in [4.69, 9.17) is 11.5 Å². The number of piperidine rings is 1. The number of nitrogens with zero attached hydrogens (tertiary/aromatic N) is 1. The molecule has 1 saturated heterocycles. The summed E-state index contributed by atoms with van der Waals surface area (Å²) in [6, 6.07) is 2.98. The molecule has 1 heterocycles. The first-order valence-corrected chi connectivity index (χ1v) is 7.37. The highest BCUT2D eigenvalue weighted by molar-refractivity contribution is 9.10. The smallest absolute Gasteiger partial charge is 0.254 e. The van der Waals surface area contributed by atoms with Gasteiger partial charge >= 0.3 is 0 Å². The minimum atomic E-state index is -0.518. The van der Waals surface area contributed by atoms with Gasteiger partial charge in [-0.2, -0.15) is 0 Å². The van der Waals surface area contributed by atoms with Crippen molar-refractivity contribution in [2.24, 2.45) is 5.73 Å². The van der Waals surface area contributed by atoms with Crippen molar-refractivity contribution < 1.29 is 9.59 Å². The van der Waals surface area contributed by atoms with Crippen molar-refractivity contribution >= 4 is 33.4 Å². The van der Waals surface area contributed by atoms with E-state index in [2.05, 4.69) is 15.9 Å². The number of carbonyl (C=O) groups is 2. The maximum Gasteiger partial charge on any atom is 0.254 e. The minimum absolute atomic E-state index is 0.181. The molecule has 1 fully saturated rings. The fourth-order valence-corrected chi connectivity index (χ4v) is 3.02. The second-order valence-electron chi connectivity index (χ2n) is 5.08. The third-order valence-corrected chi connectivity index (χ3v) is 4.19. The lowest BCUT2D eigenvalue weighted by Gasteiger charge is -2.34. The Morgan fingerprint density at radius 3 is 2.70 bits per heavy atom. The maximum absolute atomic E-state index is 12.7. The molecular formula is C14H18BrN3O2. The highest BCUT2D eigenvalue weighted by atomic mass is 79.9. The number of primary amides is 1. The summed E-state index contributed by atoms with van der Waals surface area (Å²) in [4.78, 5) is 25.8. The molecule has 1 aliphatic rings. The van der Waals surface area contributed by atoms with E-state index in [1.54, 1.807) is 24.0 Å². The van der Waals surface area contributed by atoms with Gasteiger partial charge in [-0.1, -0.05) is 15.9 Å². The van der Waals surface area contributed by atoms with Crippen molar-refractivity contribution in [2.45, 2.75) is 32.2 Å². The summed E-state index contributed by atoms with van der Waals surface area (Å²) < 4.78 is 0.747. The van der Waals surface area contributed by atoms with Gasteiger partial charge in [0.2, 0.25) is 5.91 Å². The number of carbonyl (C=O) groups excluding carboxylic acids is 2. The maximum atomic E-state index is 12.7. The molecular weight excluding hydrogens is 322 g/mol. The molecule has 1 aliphatic heterocycles. The van der Waals surface area contributed by atoms with Crippen molar-refractivity contribution in [1.29, 1.82) is 0 Å². The van der Waals surface area contributed by atoms with Crippen molar-refractivity contribution in [3.05, 3.63) is 27.7 Å². The Morgan fingerprint density at radius 2 is 2.05 bits per heavy atom. The van der Waals surface area contributed by atoms with Crippen LogP contribution in [0.3, 0.4) is 0 Å². The number of likely N-dealkylation sites (tertiary alicyclic amines) is 1. The molecule has 0 radical (unpaired) electrons. The van der Waals surface area contributed by atoms with E-state index in [0.717, 1.165) is 22.9 Å². The highest BCUT2D eigenvalue weighted by Crippen LogP contribution is 2.26. The van der Waals surface area contributed by atoms with Gasteiger partial charge in [0.15, 0.2) is 0 Å². The topological polar surface area (TPSA) is 89.4 Å². The van der Waals surface area contributed by atoms with Gasteiger partial charge in [0.1, 0.15) is 6.04 Å². The third-order valence-electron chi connectivity index (χ3n) is 3.74. The number of amides is 2. The second-order valence-corrected chi connectivity index (χ2v) is 6.00. The van der Waals surface area contributed by atoms with Crippen LogP contribution in [0, 0.1) is 6.92 Å². The molecule has 108 valence electrons. The number of rotatable bonds is 2. The van der Waals surface area contributed by atoms with Gasteiger partial charge in [0.05, 0.1) is 0 Å². The molecule has 0 bridgehead atoms. The Morgan fingerprint density at radius 1 is 1.35 bits per heavy atom. The summed E-state index contributed by atoms with van der Waals surface area (Å²) in [5, 5.41) is 0. The predicted molar refractivity (Wildman–Crippen MR) is 81.2 cm³/mol. The van der Waals surface area contributed by atoms with Crippen LogP contribution < -0.4 is 11.5 Å². The number of benzene rings is 1. The standard InChI is InChI=1S/C14H18BrN3O2/c1-8-10(6-9(15)7-11(8)16)14(20)18-5-3-2-4-12(18)13(17)19/h6-7,12H,2-5,16H2,1H3,(H2,17,19). The fourth-order valence-electron chi connectivity index (χ4n) is 2.55. The summed E-state index contributed by atoms with van der Waals surface area (Å²) in [5.74, 6) is -0.627. The van der Waals surface area contributed by atoms with Crippen LogP contribution in [0.15, 0.2) is 16.6 Å². The number of nitrogen functional groups attached to an aromatic ring is 1. The largest absolute Gasteiger partial charge is 0.398 e. The molecule has 0 spiro atoms. The van der Waals surface area contributed by atoms with Gasteiger partial charge in [0, 0.05) is 22.3 Å². The van der Waals surface area contributed by atoms with E-state index in [0.29, 0.717) is 24.2 Å². The Bertz CT molecular complexity index is 560. The van der Waals surface area contributed by atoms with E-state index < -0.39 is 11.9 Å². The monoisotopic (exact) mass is 339 g/mol. The number of halogens is 1. The molecule has 6 heteroatoms. The minimum Gasteiger partial charge on any atom is -0.398 e. The van der Waals surface area contributed by atoms with Crippen LogP contribution in [0.25, 0.3) is 0 Å². The summed E-state index contributed by atoms with van der Waals surface area (Å²) in [5.41, 5.74) is 13.1. The lowest BCUT2D eigenvalue weighted by atomic mass is 9.98. The Kier molecular flexibility index (Phi) is 4.32. The molecule has 2 rings (SSSR count). The number of hydrogen-bond acceptors (Lipinski definition) is 3. The zero-order valence-electron chi connectivity index (χ0n) is 11.4. The Hall–Kier alpha value is -1.56. The molecule has 1 aromatic rings. The molecule has 20 heavy (non-hydrogen) atoms. The molecule has 1 unspecified atom stereocenters. The van der Waals surface area contributed by atoms with Gasteiger partial charge < -0.3 is 16.4 Å². The van der Waals surface area contributed by atoms with E-state index in [1.807, 2.05) is 0 Å². The fraction of sp³-hybridized carbons (Fsp3) is 0.429. The summed E-state index contributed by atoms with van der Waals surface area (Å²) in [6.07, 6.45) is 2.43. The zero-order valence-corrected chi connectivity index (χ0v) is 12.9. The highest BCUT2D eigenvalue weighted by Gasteiger charge is 2.32. The first kappa shape index (κ1) is 14.8. The lowest BCUT2D eigenvalue weighted by molar-refractivity contribution is -0.123.